The topological polar surface area (TPSA) is 84.1 Å². The number of hydrogen-bond acceptors (Lipinski definition) is 4. The molecule has 0 spiro atoms. The van der Waals surface area contributed by atoms with Gasteiger partial charge in [0.05, 0.1) is 17.6 Å². The van der Waals surface area contributed by atoms with E-state index in [1.165, 1.54) is 13.2 Å². The van der Waals surface area contributed by atoms with Crippen molar-refractivity contribution < 1.29 is 13.2 Å². The third-order valence-corrected chi connectivity index (χ3v) is 5.08. The lowest BCUT2D eigenvalue weighted by atomic mass is 10.3. The van der Waals surface area contributed by atoms with Crippen LogP contribution in [0.2, 0.25) is 5.02 Å². The quantitative estimate of drug-likeness (QED) is 0.817. The third kappa shape index (κ3) is 3.57. The molecule has 0 radical (unpaired) electrons. The van der Waals surface area contributed by atoms with Crippen molar-refractivity contribution >= 4 is 37.6 Å². The van der Waals surface area contributed by atoms with Crippen molar-refractivity contribution in [3.05, 3.63) is 39.8 Å². The number of aromatic nitrogens is 2. The van der Waals surface area contributed by atoms with Gasteiger partial charge in [-0.1, -0.05) is 11.6 Å². The van der Waals surface area contributed by atoms with Crippen LogP contribution in [-0.4, -0.2) is 25.5 Å². The number of nitrogens with zero attached hydrogens (tertiary/aromatic N) is 1. The smallest absolute Gasteiger partial charge is 0.245 e. The minimum Gasteiger partial charge on any atom is -0.494 e. The second-order valence-electron chi connectivity index (χ2n) is 4.24. The number of ether oxygens (including phenoxy) is 1. The predicted octanol–water partition coefficient (Wildman–Crippen LogP) is 2.87. The Balaban J connectivity index is 2.40. The Hall–Kier alpha value is -1.09. The first kappa shape index (κ1) is 16.3. The molecule has 2 rings (SSSR count). The normalized spacial score (nSPS) is 13.1. The van der Waals surface area contributed by atoms with Crippen molar-refractivity contribution in [1.82, 2.24) is 14.7 Å². The highest BCUT2D eigenvalue weighted by atomic mass is 79.9. The molecule has 9 heteroatoms. The number of nitrogens with one attached hydrogen (secondary N) is 2. The van der Waals surface area contributed by atoms with E-state index in [1.807, 2.05) is 0 Å². The van der Waals surface area contributed by atoms with Gasteiger partial charge in [-0.25, -0.2) is 18.1 Å². The molecule has 0 aliphatic heterocycles. The number of rotatable bonds is 5. The zero-order valence-electron chi connectivity index (χ0n) is 11.2. The molecule has 114 valence electrons. The van der Waals surface area contributed by atoms with Crippen LogP contribution in [0, 0.1) is 0 Å². The van der Waals surface area contributed by atoms with Gasteiger partial charge in [0.2, 0.25) is 10.0 Å². The van der Waals surface area contributed by atoms with Gasteiger partial charge < -0.3 is 9.72 Å². The highest BCUT2D eigenvalue weighted by Crippen LogP contribution is 2.35. The lowest BCUT2D eigenvalue weighted by Gasteiger charge is -2.15. The number of H-pyrrole nitrogens is 1. The van der Waals surface area contributed by atoms with Crippen LogP contribution >= 0.6 is 27.5 Å². The zero-order chi connectivity index (χ0) is 15.6. The maximum absolute atomic E-state index is 12.5. The number of benzene rings is 1. The molecule has 0 saturated carbocycles. The molecule has 2 aromatic rings. The van der Waals surface area contributed by atoms with Gasteiger partial charge in [-0.05, 0) is 35.0 Å². The maximum Gasteiger partial charge on any atom is 0.245 e. The Kier molecular flexibility index (Phi) is 4.92. The minimum absolute atomic E-state index is 0.0391. The molecule has 21 heavy (non-hydrogen) atoms. The summed E-state index contributed by atoms with van der Waals surface area (Å²) in [6, 6.07) is 2.38. The summed E-state index contributed by atoms with van der Waals surface area (Å²) in [4.78, 5) is 6.84. The Bertz CT molecular complexity index is 734. The van der Waals surface area contributed by atoms with Crippen molar-refractivity contribution in [2.75, 3.05) is 7.11 Å². The van der Waals surface area contributed by atoms with Crippen molar-refractivity contribution in [2.24, 2.45) is 0 Å². The van der Waals surface area contributed by atoms with E-state index in [0.717, 1.165) is 0 Å². The van der Waals surface area contributed by atoms with Gasteiger partial charge in [-0.15, -0.1) is 0 Å². The number of methoxy groups -OCH3 is 1. The predicted molar refractivity (Wildman–Crippen MR) is 83.0 cm³/mol. The standard InChI is InChI=1S/C12H13BrClN3O3S/c1-7(12-15-3-4-16-12)17-21(18,19)10-6-8(14)5-9(13)11(10)20-2/h3-7,17H,1-2H3,(H,15,16). The monoisotopic (exact) mass is 393 g/mol. The van der Waals surface area contributed by atoms with Gasteiger partial charge in [0.1, 0.15) is 10.7 Å². The van der Waals surface area contributed by atoms with Gasteiger partial charge in [-0.2, -0.15) is 0 Å². The van der Waals surface area contributed by atoms with E-state index >= 15 is 0 Å². The molecule has 1 heterocycles. The van der Waals surface area contributed by atoms with Gasteiger partial charge >= 0.3 is 0 Å². The van der Waals surface area contributed by atoms with Crippen LogP contribution in [0.25, 0.3) is 0 Å². The lowest BCUT2D eigenvalue weighted by molar-refractivity contribution is 0.399. The largest absolute Gasteiger partial charge is 0.494 e. The van der Waals surface area contributed by atoms with Gasteiger partial charge in [0.25, 0.3) is 0 Å². The van der Waals surface area contributed by atoms with Crippen LogP contribution in [-0.2, 0) is 10.0 Å². The molecular weight excluding hydrogens is 382 g/mol. The molecule has 2 N–H and O–H groups in total. The molecule has 0 saturated heterocycles. The number of aromatic amines is 1. The molecule has 0 bridgehead atoms. The second kappa shape index (κ2) is 6.35. The molecule has 1 aromatic carbocycles. The van der Waals surface area contributed by atoms with Crippen molar-refractivity contribution in [1.29, 1.82) is 0 Å². The Morgan fingerprint density at radius 1 is 1.48 bits per heavy atom. The summed E-state index contributed by atoms with van der Waals surface area (Å²) in [7, 11) is -2.43. The van der Waals surface area contributed by atoms with E-state index in [2.05, 4.69) is 30.6 Å². The van der Waals surface area contributed by atoms with Gasteiger partial charge in [0, 0.05) is 17.4 Å². The van der Waals surface area contributed by atoms with E-state index in [-0.39, 0.29) is 15.7 Å². The Labute approximate surface area is 136 Å². The number of hydrogen-bond donors (Lipinski definition) is 2. The Morgan fingerprint density at radius 2 is 2.19 bits per heavy atom. The van der Waals surface area contributed by atoms with E-state index in [9.17, 15) is 8.42 Å². The summed E-state index contributed by atoms with van der Waals surface area (Å²) in [6.07, 6.45) is 3.17. The molecule has 0 amide bonds. The first-order valence-corrected chi connectivity index (χ1v) is 8.55. The Morgan fingerprint density at radius 3 is 2.76 bits per heavy atom. The molecular formula is C12H13BrClN3O3S. The fraction of sp³-hybridized carbons (Fsp3) is 0.250. The summed E-state index contributed by atoms with van der Waals surface area (Å²) >= 11 is 9.16. The highest BCUT2D eigenvalue weighted by molar-refractivity contribution is 9.10. The fourth-order valence-corrected chi connectivity index (χ4v) is 4.39. The van der Waals surface area contributed by atoms with E-state index in [0.29, 0.717) is 10.3 Å². The molecule has 0 aliphatic carbocycles. The van der Waals surface area contributed by atoms with Crippen molar-refractivity contribution in [3.8, 4) is 5.75 Å². The maximum atomic E-state index is 12.5. The molecule has 1 unspecified atom stereocenters. The van der Waals surface area contributed by atoms with Crippen LogP contribution in [0.5, 0.6) is 5.75 Å². The van der Waals surface area contributed by atoms with E-state index < -0.39 is 16.1 Å². The molecule has 6 nitrogen and oxygen atoms in total. The lowest BCUT2D eigenvalue weighted by Crippen LogP contribution is -2.28. The summed E-state index contributed by atoms with van der Waals surface area (Å²) in [6.45, 7) is 1.68. The van der Waals surface area contributed by atoms with Crippen LogP contribution in [0.4, 0.5) is 0 Å². The molecule has 0 fully saturated rings. The van der Waals surface area contributed by atoms with E-state index in [1.54, 1.807) is 25.4 Å². The number of imidazole rings is 1. The van der Waals surface area contributed by atoms with Gasteiger partial charge in [-0.3, -0.25) is 0 Å². The average molecular weight is 395 g/mol. The average Bonchev–Trinajstić information content (AvgIpc) is 2.91. The summed E-state index contributed by atoms with van der Waals surface area (Å²) in [5.74, 6) is 0.706. The van der Waals surface area contributed by atoms with Crippen LogP contribution in [0.15, 0.2) is 33.9 Å². The fourth-order valence-electron chi connectivity index (χ4n) is 1.80. The number of sulfonamides is 1. The highest BCUT2D eigenvalue weighted by Gasteiger charge is 2.25. The van der Waals surface area contributed by atoms with Crippen LogP contribution < -0.4 is 9.46 Å². The molecule has 1 aromatic heterocycles. The van der Waals surface area contributed by atoms with Gasteiger partial charge in [0.15, 0.2) is 5.75 Å². The molecule has 0 aliphatic rings. The third-order valence-electron chi connectivity index (χ3n) is 2.73. The zero-order valence-corrected chi connectivity index (χ0v) is 14.4. The number of halogens is 2. The van der Waals surface area contributed by atoms with Crippen molar-refractivity contribution in [2.45, 2.75) is 17.9 Å². The summed E-state index contributed by atoms with van der Waals surface area (Å²) in [5.41, 5.74) is 0. The summed E-state index contributed by atoms with van der Waals surface area (Å²) < 4.78 is 33.1. The molecule has 1 atom stereocenters. The van der Waals surface area contributed by atoms with Crippen molar-refractivity contribution in [3.63, 3.8) is 0 Å². The first-order valence-electron chi connectivity index (χ1n) is 5.90. The minimum atomic E-state index is -3.82. The van der Waals surface area contributed by atoms with Crippen LogP contribution in [0.1, 0.15) is 18.8 Å². The van der Waals surface area contributed by atoms with Crippen LogP contribution in [0.3, 0.4) is 0 Å². The SMILES string of the molecule is COc1c(Br)cc(Cl)cc1S(=O)(=O)NC(C)c1ncc[nH]1. The second-order valence-corrected chi connectivity index (χ2v) is 7.21. The summed E-state index contributed by atoms with van der Waals surface area (Å²) in [5, 5.41) is 0.286. The van der Waals surface area contributed by atoms with E-state index in [4.69, 9.17) is 16.3 Å². The first-order chi connectivity index (χ1) is 9.85.